The molecule has 1 aliphatic heterocycles. The van der Waals surface area contributed by atoms with E-state index in [0.717, 1.165) is 25.9 Å². The van der Waals surface area contributed by atoms with Crippen molar-refractivity contribution in [3.05, 3.63) is 0 Å². The Morgan fingerprint density at radius 2 is 2.46 bits per heavy atom. The molecule has 0 aliphatic carbocycles. The first kappa shape index (κ1) is 10.5. The minimum atomic E-state index is -0.730. The first-order valence-corrected chi connectivity index (χ1v) is 4.81. The Labute approximate surface area is 78.7 Å². The van der Waals surface area contributed by atoms with Crippen molar-refractivity contribution in [3.63, 3.8) is 0 Å². The zero-order valence-electron chi connectivity index (χ0n) is 8.07. The molecular formula is C9H18N2O2. The molecule has 2 atom stereocenters. The standard InChI is InChI=1S/C9H18N2O2/c1-7(5-9(12)13)11-4-2-3-8(10)6-11/h7-8H,2-6,10H2,1H3,(H,12,13). The summed E-state index contributed by atoms with van der Waals surface area (Å²) >= 11 is 0. The summed E-state index contributed by atoms with van der Waals surface area (Å²) in [7, 11) is 0. The van der Waals surface area contributed by atoms with Gasteiger partial charge in [-0.05, 0) is 26.3 Å². The van der Waals surface area contributed by atoms with Crippen molar-refractivity contribution in [2.45, 2.75) is 38.3 Å². The third-order valence-corrected chi connectivity index (χ3v) is 2.58. The van der Waals surface area contributed by atoms with E-state index in [9.17, 15) is 4.79 Å². The molecular weight excluding hydrogens is 168 g/mol. The Hall–Kier alpha value is -0.610. The molecule has 1 saturated heterocycles. The number of nitrogens with zero attached hydrogens (tertiary/aromatic N) is 1. The molecule has 3 N–H and O–H groups in total. The number of aliphatic carboxylic acids is 1. The molecule has 4 nitrogen and oxygen atoms in total. The summed E-state index contributed by atoms with van der Waals surface area (Å²) in [6.45, 7) is 3.78. The maximum Gasteiger partial charge on any atom is 0.304 e. The molecule has 13 heavy (non-hydrogen) atoms. The summed E-state index contributed by atoms with van der Waals surface area (Å²) in [6.07, 6.45) is 2.37. The quantitative estimate of drug-likeness (QED) is 0.664. The lowest BCUT2D eigenvalue weighted by Gasteiger charge is -2.34. The van der Waals surface area contributed by atoms with Crippen molar-refractivity contribution in [3.8, 4) is 0 Å². The van der Waals surface area contributed by atoms with Gasteiger partial charge in [-0.1, -0.05) is 0 Å². The Kier molecular flexibility index (Phi) is 3.69. The van der Waals surface area contributed by atoms with Crippen LogP contribution in [0.25, 0.3) is 0 Å². The third kappa shape index (κ3) is 3.32. The lowest BCUT2D eigenvalue weighted by molar-refractivity contribution is -0.138. The van der Waals surface area contributed by atoms with E-state index in [1.54, 1.807) is 0 Å². The van der Waals surface area contributed by atoms with Gasteiger partial charge >= 0.3 is 5.97 Å². The fraction of sp³-hybridized carbons (Fsp3) is 0.889. The predicted molar refractivity (Wildman–Crippen MR) is 50.5 cm³/mol. The van der Waals surface area contributed by atoms with E-state index < -0.39 is 5.97 Å². The monoisotopic (exact) mass is 186 g/mol. The van der Waals surface area contributed by atoms with Crippen LogP contribution in [-0.2, 0) is 4.79 Å². The van der Waals surface area contributed by atoms with E-state index in [1.165, 1.54) is 0 Å². The number of likely N-dealkylation sites (tertiary alicyclic amines) is 1. The van der Waals surface area contributed by atoms with Crippen LogP contribution in [0, 0.1) is 0 Å². The van der Waals surface area contributed by atoms with Crippen molar-refractivity contribution >= 4 is 5.97 Å². The smallest absolute Gasteiger partial charge is 0.304 e. The summed E-state index contributed by atoms with van der Waals surface area (Å²) in [6, 6.07) is 0.342. The van der Waals surface area contributed by atoms with Crippen molar-refractivity contribution in [1.82, 2.24) is 4.90 Å². The van der Waals surface area contributed by atoms with Crippen LogP contribution in [-0.4, -0.2) is 41.1 Å². The molecule has 0 bridgehead atoms. The third-order valence-electron chi connectivity index (χ3n) is 2.58. The fourth-order valence-corrected chi connectivity index (χ4v) is 1.82. The minimum absolute atomic E-state index is 0.115. The highest BCUT2D eigenvalue weighted by atomic mass is 16.4. The lowest BCUT2D eigenvalue weighted by Crippen LogP contribution is -2.47. The van der Waals surface area contributed by atoms with Crippen LogP contribution >= 0.6 is 0 Å². The van der Waals surface area contributed by atoms with Gasteiger partial charge in [0.1, 0.15) is 0 Å². The van der Waals surface area contributed by atoms with Gasteiger partial charge in [0.15, 0.2) is 0 Å². The summed E-state index contributed by atoms with van der Waals surface area (Å²) in [4.78, 5) is 12.6. The van der Waals surface area contributed by atoms with Crippen molar-refractivity contribution < 1.29 is 9.90 Å². The molecule has 0 aromatic rings. The SMILES string of the molecule is CC(CC(=O)O)N1CCCC(N)C1. The average Bonchev–Trinajstić information content (AvgIpc) is 2.03. The number of hydrogen-bond acceptors (Lipinski definition) is 3. The van der Waals surface area contributed by atoms with Gasteiger partial charge < -0.3 is 10.8 Å². The fourth-order valence-electron chi connectivity index (χ4n) is 1.82. The van der Waals surface area contributed by atoms with Crippen LogP contribution < -0.4 is 5.73 Å². The van der Waals surface area contributed by atoms with Crippen molar-refractivity contribution in [1.29, 1.82) is 0 Å². The molecule has 1 fully saturated rings. The van der Waals surface area contributed by atoms with E-state index in [0.29, 0.717) is 0 Å². The Bertz CT molecular complexity index is 184. The molecule has 1 rings (SSSR count). The topological polar surface area (TPSA) is 66.6 Å². The number of hydrogen-bond donors (Lipinski definition) is 2. The second kappa shape index (κ2) is 4.58. The zero-order chi connectivity index (χ0) is 9.84. The van der Waals surface area contributed by atoms with Gasteiger partial charge in [0, 0.05) is 18.6 Å². The van der Waals surface area contributed by atoms with Crippen LogP contribution in [0.3, 0.4) is 0 Å². The van der Waals surface area contributed by atoms with Gasteiger partial charge in [0.2, 0.25) is 0 Å². The van der Waals surface area contributed by atoms with Crippen molar-refractivity contribution in [2.24, 2.45) is 5.73 Å². The zero-order valence-corrected chi connectivity index (χ0v) is 8.07. The first-order valence-electron chi connectivity index (χ1n) is 4.81. The molecule has 0 spiro atoms. The van der Waals surface area contributed by atoms with Gasteiger partial charge in [-0.2, -0.15) is 0 Å². The highest BCUT2D eigenvalue weighted by Crippen LogP contribution is 2.13. The molecule has 76 valence electrons. The number of carboxylic acids is 1. The molecule has 1 heterocycles. The lowest BCUT2D eigenvalue weighted by atomic mass is 10.0. The molecule has 4 heteroatoms. The number of rotatable bonds is 3. The van der Waals surface area contributed by atoms with Gasteiger partial charge in [0.25, 0.3) is 0 Å². The second-order valence-corrected chi connectivity index (χ2v) is 3.84. The summed E-state index contributed by atoms with van der Waals surface area (Å²) in [5.41, 5.74) is 5.80. The number of carboxylic acid groups (broad SMARTS) is 1. The van der Waals surface area contributed by atoms with Crippen LogP contribution in [0.4, 0.5) is 0 Å². The summed E-state index contributed by atoms with van der Waals surface area (Å²) < 4.78 is 0. The average molecular weight is 186 g/mol. The largest absolute Gasteiger partial charge is 0.481 e. The maximum absolute atomic E-state index is 10.5. The summed E-state index contributed by atoms with van der Waals surface area (Å²) in [5.74, 6) is -0.730. The molecule has 0 aromatic heterocycles. The van der Waals surface area contributed by atoms with Crippen LogP contribution in [0.15, 0.2) is 0 Å². The van der Waals surface area contributed by atoms with Crippen LogP contribution in [0.2, 0.25) is 0 Å². The summed E-state index contributed by atoms with van der Waals surface area (Å²) in [5, 5.41) is 8.62. The first-order chi connectivity index (χ1) is 6.09. The second-order valence-electron chi connectivity index (χ2n) is 3.84. The van der Waals surface area contributed by atoms with Crippen LogP contribution in [0.1, 0.15) is 26.2 Å². The highest BCUT2D eigenvalue weighted by molar-refractivity contribution is 5.67. The van der Waals surface area contributed by atoms with Gasteiger partial charge in [-0.15, -0.1) is 0 Å². The highest BCUT2D eigenvalue weighted by Gasteiger charge is 2.22. The number of piperidine rings is 1. The van der Waals surface area contributed by atoms with Crippen LogP contribution in [0.5, 0.6) is 0 Å². The van der Waals surface area contributed by atoms with Crippen molar-refractivity contribution in [2.75, 3.05) is 13.1 Å². The molecule has 1 aliphatic rings. The Balaban J connectivity index is 2.36. The molecule has 2 unspecified atom stereocenters. The van der Waals surface area contributed by atoms with E-state index in [4.69, 9.17) is 10.8 Å². The molecule has 0 aromatic carbocycles. The Morgan fingerprint density at radius 1 is 1.77 bits per heavy atom. The van der Waals surface area contributed by atoms with Gasteiger partial charge in [-0.3, -0.25) is 9.69 Å². The molecule has 0 saturated carbocycles. The maximum atomic E-state index is 10.5. The predicted octanol–water partition coefficient (Wildman–Crippen LogP) is 0.273. The minimum Gasteiger partial charge on any atom is -0.481 e. The van der Waals surface area contributed by atoms with E-state index >= 15 is 0 Å². The molecule has 0 amide bonds. The van der Waals surface area contributed by atoms with E-state index in [-0.39, 0.29) is 18.5 Å². The van der Waals surface area contributed by atoms with E-state index in [2.05, 4.69) is 4.90 Å². The normalized spacial score (nSPS) is 27.1. The Morgan fingerprint density at radius 3 is 3.00 bits per heavy atom. The number of nitrogens with two attached hydrogens (primary N) is 1. The number of carbonyl (C=O) groups is 1. The molecule has 0 radical (unpaired) electrons. The van der Waals surface area contributed by atoms with Gasteiger partial charge in [0.05, 0.1) is 6.42 Å². The van der Waals surface area contributed by atoms with E-state index in [1.807, 2.05) is 6.92 Å². The van der Waals surface area contributed by atoms with Gasteiger partial charge in [-0.25, -0.2) is 0 Å².